The third kappa shape index (κ3) is 5.80. The van der Waals surface area contributed by atoms with E-state index < -0.39 is 25.7 Å². The minimum absolute atomic E-state index is 0.0524. The molecule has 0 aromatic heterocycles. The predicted molar refractivity (Wildman–Crippen MR) is 129 cm³/mol. The minimum atomic E-state index is -2.98. The van der Waals surface area contributed by atoms with Gasteiger partial charge < -0.3 is 33.7 Å². The van der Waals surface area contributed by atoms with Crippen LogP contribution in [-0.2, 0) is 20.9 Å². The number of alkyl halides is 2. The van der Waals surface area contributed by atoms with Gasteiger partial charge in [-0.15, -0.1) is 0 Å². The van der Waals surface area contributed by atoms with Gasteiger partial charge in [-0.1, -0.05) is 6.07 Å². The number of benzene rings is 2. The van der Waals surface area contributed by atoms with Gasteiger partial charge in [-0.25, -0.2) is 4.79 Å². The average Bonchev–Trinajstić information content (AvgIpc) is 3.64. The molecule has 2 fully saturated rings. The Morgan fingerprint density at radius 3 is 2.70 bits per heavy atom. The van der Waals surface area contributed by atoms with Crippen molar-refractivity contribution in [2.75, 3.05) is 31.1 Å². The number of hydrogen-bond donors (Lipinski definition) is 1. The highest BCUT2D eigenvalue weighted by molar-refractivity contribution is 6.61. The summed E-state index contributed by atoms with van der Waals surface area (Å²) in [4.78, 5) is 28.8. The molecule has 1 atom stereocenters. The number of nitrogens with zero attached hydrogens (tertiary/aromatic N) is 2. The van der Waals surface area contributed by atoms with Gasteiger partial charge >= 0.3 is 19.7 Å². The number of piperazine rings is 1. The molecule has 2 aromatic rings. The first kappa shape index (κ1) is 25.3. The molecule has 12 heteroatoms. The van der Waals surface area contributed by atoms with Gasteiger partial charge in [-0.2, -0.15) is 8.78 Å². The maximum Gasteiger partial charge on any atom is 0.491 e. The second-order valence-corrected chi connectivity index (χ2v) is 9.38. The van der Waals surface area contributed by atoms with E-state index in [0.717, 1.165) is 18.4 Å². The van der Waals surface area contributed by atoms with E-state index in [1.165, 1.54) is 17.9 Å². The highest BCUT2D eigenvalue weighted by atomic mass is 19.3. The maximum atomic E-state index is 13.2. The minimum Gasteiger partial charge on any atom is -0.489 e. The van der Waals surface area contributed by atoms with E-state index in [2.05, 4.69) is 4.74 Å². The van der Waals surface area contributed by atoms with Gasteiger partial charge in [-0.05, 0) is 54.1 Å². The monoisotopic (exact) mass is 516 g/mol. The molecule has 1 unspecified atom stereocenters. The third-order valence-corrected chi connectivity index (χ3v) is 6.73. The van der Waals surface area contributed by atoms with Gasteiger partial charge in [0.1, 0.15) is 11.8 Å². The van der Waals surface area contributed by atoms with Crippen molar-refractivity contribution in [2.24, 2.45) is 5.92 Å². The van der Waals surface area contributed by atoms with Gasteiger partial charge in [-0.3, -0.25) is 4.79 Å². The Bertz CT molecular complexity index is 1180. The highest BCUT2D eigenvalue weighted by Gasteiger charge is 2.36. The number of ether oxygens (including phenoxy) is 3. The molecule has 0 radical (unpaired) electrons. The molecule has 9 nitrogen and oxygen atoms in total. The van der Waals surface area contributed by atoms with E-state index in [0.29, 0.717) is 30.2 Å². The molecule has 0 spiro atoms. The van der Waals surface area contributed by atoms with Crippen LogP contribution in [0.5, 0.6) is 17.2 Å². The summed E-state index contributed by atoms with van der Waals surface area (Å²) in [7, 11) is -1.00. The van der Waals surface area contributed by atoms with E-state index in [1.807, 2.05) is 4.90 Å². The second-order valence-electron chi connectivity index (χ2n) is 9.38. The van der Waals surface area contributed by atoms with Gasteiger partial charge in [0.15, 0.2) is 11.5 Å². The number of halogens is 2. The molecule has 196 valence electrons. The van der Waals surface area contributed by atoms with Gasteiger partial charge in [0.25, 0.3) is 0 Å². The molecule has 1 saturated carbocycles. The fraction of sp³-hybridized carbons (Fsp3) is 0.440. The highest BCUT2D eigenvalue weighted by Crippen LogP contribution is 2.36. The fourth-order valence-electron chi connectivity index (χ4n) is 4.54. The number of anilines is 1. The van der Waals surface area contributed by atoms with E-state index in [9.17, 15) is 23.4 Å². The Kier molecular flexibility index (Phi) is 7.21. The normalized spacial score (nSPS) is 19.2. The lowest BCUT2D eigenvalue weighted by atomic mass is 9.80. The number of esters is 1. The van der Waals surface area contributed by atoms with E-state index >= 15 is 0 Å². The lowest BCUT2D eigenvalue weighted by molar-refractivity contribution is -0.147. The predicted octanol–water partition coefficient (Wildman–Crippen LogP) is 1.94. The first-order valence-corrected chi connectivity index (χ1v) is 12.2. The molecule has 3 aliphatic rings. The van der Waals surface area contributed by atoms with E-state index in [1.54, 1.807) is 30.3 Å². The van der Waals surface area contributed by atoms with Gasteiger partial charge in [0.05, 0.1) is 13.2 Å². The summed E-state index contributed by atoms with van der Waals surface area (Å²) in [5, 5.41) is 9.80. The molecular weight excluding hydrogens is 489 g/mol. The molecule has 1 amide bonds. The van der Waals surface area contributed by atoms with E-state index in [4.69, 9.17) is 14.1 Å². The van der Waals surface area contributed by atoms with Crippen LogP contribution in [0.3, 0.4) is 0 Å². The molecule has 1 saturated heterocycles. The standard InChI is InChI=1S/C25H27BF2N2O7/c1-15(31)30-9-8-29(18-4-7-22(37-25(27)28)23(11-18)34-13-16-2-3-16)12-21(30)24(32)36-19-5-6-20-17(10-19)14-35-26(20)33/h4-7,10-11,16,21,25,33H,2-3,8-9,12-14H2,1H3. The second kappa shape index (κ2) is 10.5. The average molecular weight is 516 g/mol. The summed E-state index contributed by atoms with van der Waals surface area (Å²) in [6.07, 6.45) is 2.08. The van der Waals surface area contributed by atoms with Crippen LogP contribution in [0.15, 0.2) is 36.4 Å². The number of carbonyl (C=O) groups excluding carboxylic acids is 2. The SMILES string of the molecule is CC(=O)N1CCN(c2ccc(OC(F)F)c(OCC3CC3)c2)CC1C(=O)Oc1ccc2c(c1)COB2O. The Balaban J connectivity index is 1.33. The molecule has 2 aromatic carbocycles. The number of hydrogen-bond acceptors (Lipinski definition) is 8. The Hall–Kier alpha value is -3.38. The van der Waals surface area contributed by atoms with Crippen molar-refractivity contribution in [3.63, 3.8) is 0 Å². The van der Waals surface area contributed by atoms with Crippen LogP contribution in [0.25, 0.3) is 0 Å². The van der Waals surface area contributed by atoms with Crippen LogP contribution >= 0.6 is 0 Å². The maximum absolute atomic E-state index is 13.2. The molecular formula is C25H27BF2N2O7. The summed E-state index contributed by atoms with van der Waals surface area (Å²) in [5.74, 6) is -0.0195. The number of carbonyl (C=O) groups is 2. The molecule has 0 bridgehead atoms. The van der Waals surface area contributed by atoms with Crippen molar-refractivity contribution in [1.29, 1.82) is 0 Å². The van der Waals surface area contributed by atoms with Crippen LogP contribution in [-0.4, -0.2) is 67.8 Å². The van der Waals surface area contributed by atoms with Crippen molar-refractivity contribution < 1.29 is 42.3 Å². The smallest absolute Gasteiger partial charge is 0.489 e. The Morgan fingerprint density at radius 1 is 1.16 bits per heavy atom. The summed E-state index contributed by atoms with van der Waals surface area (Å²) >= 11 is 0. The summed E-state index contributed by atoms with van der Waals surface area (Å²) in [6, 6.07) is 8.62. The molecule has 5 rings (SSSR count). The molecule has 37 heavy (non-hydrogen) atoms. The lowest BCUT2D eigenvalue weighted by Gasteiger charge is -2.40. The van der Waals surface area contributed by atoms with Crippen LogP contribution < -0.4 is 24.6 Å². The zero-order valence-corrected chi connectivity index (χ0v) is 20.3. The van der Waals surface area contributed by atoms with Crippen LogP contribution in [0, 0.1) is 5.92 Å². The number of fused-ring (bicyclic) bond motifs is 1. The zero-order valence-electron chi connectivity index (χ0n) is 20.3. The number of amides is 1. The van der Waals surface area contributed by atoms with Crippen LogP contribution in [0.4, 0.5) is 14.5 Å². The third-order valence-electron chi connectivity index (χ3n) is 6.73. The van der Waals surface area contributed by atoms with Crippen LogP contribution in [0.2, 0.25) is 0 Å². The summed E-state index contributed by atoms with van der Waals surface area (Å²) in [5.41, 5.74) is 1.99. The fourth-order valence-corrected chi connectivity index (χ4v) is 4.54. The molecule has 1 N–H and O–H groups in total. The molecule has 2 heterocycles. The van der Waals surface area contributed by atoms with Gasteiger partial charge in [0, 0.05) is 38.3 Å². The molecule has 2 aliphatic heterocycles. The zero-order chi connectivity index (χ0) is 26.1. The van der Waals surface area contributed by atoms with Crippen molar-refractivity contribution in [2.45, 2.75) is 39.0 Å². The first-order valence-electron chi connectivity index (χ1n) is 12.2. The summed E-state index contributed by atoms with van der Waals surface area (Å²) in [6.45, 7) is -0.135. The van der Waals surface area contributed by atoms with Crippen molar-refractivity contribution >= 4 is 30.1 Å². The quantitative estimate of drug-likeness (QED) is 0.323. The Labute approximate surface area is 213 Å². The topological polar surface area (TPSA) is 97.8 Å². The first-order chi connectivity index (χ1) is 17.8. The summed E-state index contributed by atoms with van der Waals surface area (Å²) < 4.78 is 47.0. The Morgan fingerprint density at radius 2 is 1.97 bits per heavy atom. The number of rotatable bonds is 8. The van der Waals surface area contributed by atoms with Crippen molar-refractivity contribution in [3.8, 4) is 17.2 Å². The van der Waals surface area contributed by atoms with Crippen LogP contribution in [0.1, 0.15) is 25.3 Å². The lowest BCUT2D eigenvalue weighted by Crippen LogP contribution is -2.59. The molecule has 1 aliphatic carbocycles. The van der Waals surface area contributed by atoms with Crippen molar-refractivity contribution in [1.82, 2.24) is 4.90 Å². The van der Waals surface area contributed by atoms with E-state index in [-0.39, 0.29) is 42.9 Å². The van der Waals surface area contributed by atoms with Gasteiger partial charge in [0.2, 0.25) is 5.91 Å². The van der Waals surface area contributed by atoms with Crippen molar-refractivity contribution in [3.05, 3.63) is 42.0 Å². The largest absolute Gasteiger partial charge is 0.491 e.